The van der Waals surface area contributed by atoms with E-state index in [1.165, 1.54) is 12.0 Å². The van der Waals surface area contributed by atoms with Gasteiger partial charge in [0, 0.05) is 11.3 Å². The van der Waals surface area contributed by atoms with E-state index in [1.807, 2.05) is 6.08 Å². The Morgan fingerprint density at radius 2 is 2.00 bits per heavy atom. The van der Waals surface area contributed by atoms with Crippen molar-refractivity contribution in [2.75, 3.05) is 6.61 Å². The predicted molar refractivity (Wildman–Crippen MR) is 89.4 cm³/mol. The Bertz CT molecular complexity index is 534. The summed E-state index contributed by atoms with van der Waals surface area (Å²) in [5, 5.41) is 9.91. The molecule has 3 aliphatic carbocycles. The van der Waals surface area contributed by atoms with Crippen LogP contribution in [0.15, 0.2) is 24.3 Å². The van der Waals surface area contributed by atoms with E-state index in [0.717, 1.165) is 32.1 Å². The number of fused-ring (bicyclic) bond motifs is 3. The Kier molecular flexibility index (Phi) is 3.67. The Morgan fingerprint density at radius 3 is 2.64 bits per heavy atom. The van der Waals surface area contributed by atoms with Gasteiger partial charge in [-0.1, -0.05) is 38.8 Å². The molecule has 2 saturated carbocycles. The fourth-order valence-electron chi connectivity index (χ4n) is 5.36. The van der Waals surface area contributed by atoms with Crippen molar-refractivity contribution in [1.29, 1.82) is 0 Å². The monoisotopic (exact) mass is 302 g/mol. The van der Waals surface area contributed by atoms with E-state index < -0.39 is 0 Å². The van der Waals surface area contributed by atoms with Crippen molar-refractivity contribution < 1.29 is 9.90 Å². The number of ketones is 1. The third kappa shape index (κ3) is 2.14. The van der Waals surface area contributed by atoms with Crippen LogP contribution in [0.3, 0.4) is 0 Å². The van der Waals surface area contributed by atoms with Crippen LogP contribution in [0.2, 0.25) is 0 Å². The van der Waals surface area contributed by atoms with Crippen molar-refractivity contribution >= 4 is 5.78 Å². The molecule has 0 spiro atoms. The van der Waals surface area contributed by atoms with Crippen molar-refractivity contribution in [2.45, 2.75) is 59.3 Å². The maximum Gasteiger partial charge on any atom is 0.159 e. The third-order valence-corrected chi connectivity index (χ3v) is 7.27. The highest BCUT2D eigenvalue weighted by molar-refractivity contribution is 5.94. The van der Waals surface area contributed by atoms with Gasteiger partial charge in [-0.05, 0) is 54.9 Å². The van der Waals surface area contributed by atoms with E-state index in [2.05, 4.69) is 33.4 Å². The lowest BCUT2D eigenvalue weighted by Gasteiger charge is -2.57. The number of allylic oxidation sites excluding steroid dienone is 2. The molecule has 2 nitrogen and oxygen atoms in total. The summed E-state index contributed by atoms with van der Waals surface area (Å²) in [5.74, 6) is 0.887. The Morgan fingerprint density at radius 1 is 1.27 bits per heavy atom. The lowest BCUT2D eigenvalue weighted by Crippen LogP contribution is -2.52. The van der Waals surface area contributed by atoms with Gasteiger partial charge in [-0.3, -0.25) is 4.79 Å². The molecule has 0 radical (unpaired) electrons. The molecule has 0 unspecified atom stereocenters. The fraction of sp³-hybridized carbons (Fsp3) is 0.750. The van der Waals surface area contributed by atoms with E-state index in [0.29, 0.717) is 11.7 Å². The second-order valence-corrected chi connectivity index (χ2v) is 8.79. The number of hydrogen-bond acceptors (Lipinski definition) is 2. The maximum absolute atomic E-state index is 12.9. The normalized spacial score (nSPS) is 48.2. The van der Waals surface area contributed by atoms with Crippen LogP contribution in [0.5, 0.6) is 0 Å². The highest BCUT2D eigenvalue weighted by Gasteiger charge is 2.56. The standard InChI is InChI=1S/C20H30O2/c1-5-18(2)9-10-20(4)14-7-6-8-19(3,13-21)15(14)11-17(22)16(20)12-18/h5,11,14,16,21H,1,6-10,12-13H2,2-4H3/t14-,16+,18-,19-,20+/m0/s1. The Hall–Kier alpha value is -0.890. The van der Waals surface area contributed by atoms with Crippen LogP contribution in [0.4, 0.5) is 0 Å². The Labute approximate surface area is 134 Å². The van der Waals surface area contributed by atoms with E-state index in [1.54, 1.807) is 0 Å². The zero-order valence-electron chi connectivity index (χ0n) is 14.3. The van der Waals surface area contributed by atoms with Gasteiger partial charge in [0.2, 0.25) is 0 Å². The molecule has 0 aromatic carbocycles. The van der Waals surface area contributed by atoms with Crippen LogP contribution < -0.4 is 0 Å². The average Bonchev–Trinajstić information content (AvgIpc) is 2.51. The summed E-state index contributed by atoms with van der Waals surface area (Å²) in [7, 11) is 0. The Balaban J connectivity index is 2.03. The van der Waals surface area contributed by atoms with Gasteiger partial charge in [0.05, 0.1) is 6.61 Å². The molecule has 3 rings (SSSR count). The topological polar surface area (TPSA) is 37.3 Å². The molecule has 0 amide bonds. The summed E-state index contributed by atoms with van der Waals surface area (Å²) < 4.78 is 0. The SMILES string of the molecule is C=C[C@@]1(C)CC[C@@]2(C)[C@H](C1)C(=O)C=C1[C@@H]2CCC[C@@]1(C)CO. The maximum atomic E-state index is 12.9. The largest absolute Gasteiger partial charge is 0.395 e. The van der Waals surface area contributed by atoms with Crippen LogP contribution in [-0.2, 0) is 4.79 Å². The lowest BCUT2D eigenvalue weighted by molar-refractivity contribution is -0.131. The molecule has 22 heavy (non-hydrogen) atoms. The van der Waals surface area contributed by atoms with Gasteiger partial charge < -0.3 is 5.11 Å². The fourth-order valence-corrected chi connectivity index (χ4v) is 5.36. The number of aliphatic hydroxyl groups excluding tert-OH is 1. The smallest absolute Gasteiger partial charge is 0.159 e. The third-order valence-electron chi connectivity index (χ3n) is 7.27. The first-order valence-corrected chi connectivity index (χ1v) is 8.78. The molecule has 0 aromatic heterocycles. The van der Waals surface area contributed by atoms with Crippen LogP contribution in [0.1, 0.15) is 59.3 Å². The highest BCUT2D eigenvalue weighted by atomic mass is 16.3. The van der Waals surface area contributed by atoms with Crippen LogP contribution in [0.25, 0.3) is 0 Å². The van der Waals surface area contributed by atoms with Gasteiger partial charge in [-0.25, -0.2) is 0 Å². The second kappa shape index (κ2) is 5.06. The molecule has 0 bridgehead atoms. The van der Waals surface area contributed by atoms with Crippen molar-refractivity contribution in [3.05, 3.63) is 24.3 Å². The zero-order chi connectivity index (χ0) is 16.2. The molecule has 0 saturated heterocycles. The van der Waals surface area contributed by atoms with E-state index in [4.69, 9.17) is 0 Å². The molecule has 1 N–H and O–H groups in total. The average molecular weight is 302 g/mol. The summed E-state index contributed by atoms with van der Waals surface area (Å²) in [4.78, 5) is 12.9. The molecule has 0 aliphatic heterocycles. The molecule has 0 heterocycles. The first-order valence-electron chi connectivity index (χ1n) is 8.78. The van der Waals surface area contributed by atoms with Crippen molar-refractivity contribution in [3.8, 4) is 0 Å². The van der Waals surface area contributed by atoms with Crippen LogP contribution in [-0.4, -0.2) is 17.5 Å². The molecule has 3 aliphatic rings. The van der Waals surface area contributed by atoms with Crippen molar-refractivity contribution in [2.24, 2.45) is 28.1 Å². The van der Waals surface area contributed by atoms with E-state index >= 15 is 0 Å². The minimum absolute atomic E-state index is 0.0700. The van der Waals surface area contributed by atoms with Gasteiger partial charge in [0.15, 0.2) is 5.78 Å². The number of hydrogen-bond donors (Lipinski definition) is 1. The minimum Gasteiger partial charge on any atom is -0.395 e. The number of carbonyl (C=O) groups is 1. The van der Waals surface area contributed by atoms with Gasteiger partial charge >= 0.3 is 0 Å². The molecular formula is C20H30O2. The van der Waals surface area contributed by atoms with Crippen LogP contribution in [0, 0.1) is 28.1 Å². The highest BCUT2D eigenvalue weighted by Crippen LogP contribution is 2.62. The second-order valence-electron chi connectivity index (χ2n) is 8.79. The summed E-state index contributed by atoms with van der Waals surface area (Å²) in [5.41, 5.74) is 1.22. The molecule has 0 aromatic rings. The van der Waals surface area contributed by atoms with E-state index in [-0.39, 0.29) is 28.8 Å². The number of carbonyl (C=O) groups excluding carboxylic acids is 1. The predicted octanol–water partition coefficient (Wildman–Crippen LogP) is 4.29. The molecular weight excluding hydrogens is 272 g/mol. The molecule has 2 fully saturated rings. The summed E-state index contributed by atoms with van der Waals surface area (Å²) in [6.45, 7) is 10.9. The van der Waals surface area contributed by atoms with Gasteiger partial charge in [0.25, 0.3) is 0 Å². The zero-order valence-corrected chi connectivity index (χ0v) is 14.3. The van der Waals surface area contributed by atoms with Gasteiger partial charge in [0.1, 0.15) is 0 Å². The molecule has 122 valence electrons. The van der Waals surface area contributed by atoms with Crippen molar-refractivity contribution in [3.63, 3.8) is 0 Å². The molecule has 2 heteroatoms. The summed E-state index contributed by atoms with van der Waals surface area (Å²) >= 11 is 0. The summed E-state index contributed by atoms with van der Waals surface area (Å²) in [6, 6.07) is 0. The molecule has 5 atom stereocenters. The lowest BCUT2D eigenvalue weighted by atomic mass is 9.46. The minimum atomic E-state index is -0.189. The first kappa shape index (κ1) is 16.0. The first-order chi connectivity index (χ1) is 10.3. The number of rotatable bonds is 2. The van der Waals surface area contributed by atoms with Crippen molar-refractivity contribution in [1.82, 2.24) is 0 Å². The van der Waals surface area contributed by atoms with Gasteiger partial charge in [-0.15, -0.1) is 6.58 Å². The van der Waals surface area contributed by atoms with E-state index in [9.17, 15) is 9.90 Å². The number of aliphatic hydroxyl groups is 1. The summed E-state index contributed by atoms with van der Waals surface area (Å²) in [6.07, 6.45) is 10.5. The van der Waals surface area contributed by atoms with Crippen LogP contribution >= 0.6 is 0 Å². The quantitative estimate of drug-likeness (QED) is 0.772. The van der Waals surface area contributed by atoms with Gasteiger partial charge in [-0.2, -0.15) is 0 Å².